The Labute approximate surface area is 151 Å². The van der Waals surface area contributed by atoms with Crippen molar-refractivity contribution in [1.82, 2.24) is 15.1 Å². The summed E-state index contributed by atoms with van der Waals surface area (Å²) in [5, 5.41) is 8.48. The molecule has 132 valence electrons. The molecule has 1 fully saturated rings. The lowest BCUT2D eigenvalue weighted by molar-refractivity contribution is -0.133. The Bertz CT molecular complexity index is 724. The summed E-state index contributed by atoms with van der Waals surface area (Å²) in [6, 6.07) is 10.8. The first-order chi connectivity index (χ1) is 12.2. The van der Waals surface area contributed by atoms with Crippen LogP contribution in [0.5, 0.6) is 11.8 Å². The summed E-state index contributed by atoms with van der Waals surface area (Å²) >= 11 is 6.15. The predicted molar refractivity (Wildman–Crippen MR) is 94.0 cm³/mol. The van der Waals surface area contributed by atoms with E-state index in [0.717, 1.165) is 24.9 Å². The van der Waals surface area contributed by atoms with Gasteiger partial charge in [0, 0.05) is 23.7 Å². The lowest BCUT2D eigenvalue weighted by Gasteiger charge is -2.32. The fourth-order valence-electron chi connectivity index (χ4n) is 2.83. The Morgan fingerprint density at radius 2 is 2.00 bits per heavy atom. The smallest absolute Gasteiger partial charge is 0.233 e. The third-order valence-corrected chi connectivity index (χ3v) is 4.51. The number of nitrogens with zero attached hydrogens (tertiary/aromatic N) is 3. The van der Waals surface area contributed by atoms with Crippen molar-refractivity contribution >= 4 is 17.5 Å². The molecule has 25 heavy (non-hydrogen) atoms. The summed E-state index contributed by atoms with van der Waals surface area (Å²) in [5.41, 5.74) is 0.846. The largest absolute Gasteiger partial charge is 0.480 e. The third-order valence-electron chi connectivity index (χ3n) is 4.14. The van der Waals surface area contributed by atoms with Crippen LogP contribution in [-0.2, 0) is 11.2 Å². The predicted octanol–water partition coefficient (Wildman–Crippen LogP) is 2.75. The van der Waals surface area contributed by atoms with Crippen LogP contribution in [0, 0.1) is 0 Å². The van der Waals surface area contributed by atoms with Gasteiger partial charge in [0.1, 0.15) is 6.10 Å². The molecule has 2 heterocycles. The second-order valence-corrected chi connectivity index (χ2v) is 6.31. The highest BCUT2D eigenvalue weighted by Gasteiger charge is 2.25. The van der Waals surface area contributed by atoms with Gasteiger partial charge in [-0.1, -0.05) is 29.8 Å². The molecule has 1 saturated heterocycles. The number of benzene rings is 1. The third kappa shape index (κ3) is 4.60. The molecule has 0 spiro atoms. The van der Waals surface area contributed by atoms with Crippen molar-refractivity contribution in [1.29, 1.82) is 0 Å². The second kappa shape index (κ2) is 8.16. The van der Waals surface area contributed by atoms with Gasteiger partial charge < -0.3 is 14.4 Å². The quantitative estimate of drug-likeness (QED) is 0.819. The lowest BCUT2D eigenvalue weighted by Crippen LogP contribution is -2.45. The number of rotatable bonds is 5. The topological polar surface area (TPSA) is 64.6 Å². The summed E-state index contributed by atoms with van der Waals surface area (Å²) < 4.78 is 10.8. The zero-order chi connectivity index (χ0) is 17.6. The lowest BCUT2D eigenvalue weighted by atomic mass is 10.1. The number of aromatic nitrogens is 2. The van der Waals surface area contributed by atoms with E-state index in [1.807, 2.05) is 23.1 Å². The Morgan fingerprint density at radius 3 is 2.72 bits per heavy atom. The second-order valence-electron chi connectivity index (χ2n) is 5.90. The highest BCUT2D eigenvalue weighted by molar-refractivity contribution is 6.31. The van der Waals surface area contributed by atoms with Crippen LogP contribution >= 0.6 is 11.6 Å². The molecule has 1 amide bonds. The summed E-state index contributed by atoms with van der Waals surface area (Å²) in [6.07, 6.45) is 1.98. The first kappa shape index (κ1) is 17.5. The van der Waals surface area contributed by atoms with Crippen molar-refractivity contribution in [2.75, 3.05) is 20.2 Å². The van der Waals surface area contributed by atoms with Crippen molar-refractivity contribution in [2.24, 2.45) is 0 Å². The number of likely N-dealkylation sites (tertiary alicyclic amines) is 1. The van der Waals surface area contributed by atoms with Crippen LogP contribution in [0.4, 0.5) is 0 Å². The summed E-state index contributed by atoms with van der Waals surface area (Å²) in [7, 11) is 1.54. The number of methoxy groups -OCH3 is 1. The molecule has 6 nitrogen and oxygen atoms in total. The maximum Gasteiger partial charge on any atom is 0.233 e. The minimum atomic E-state index is -0.0911. The fraction of sp³-hybridized carbons (Fsp3) is 0.389. The highest BCUT2D eigenvalue weighted by atomic mass is 35.5. The maximum atomic E-state index is 12.6. The summed E-state index contributed by atoms with van der Waals surface area (Å²) in [6.45, 7) is 1.27. The molecule has 1 atom stereocenters. The SMILES string of the molecule is COc1ccc(OC2CCCN(C(=O)Cc3ccccc3Cl)C2)nn1. The van der Waals surface area contributed by atoms with Gasteiger partial charge in [-0.2, -0.15) is 0 Å². The zero-order valence-electron chi connectivity index (χ0n) is 14.0. The number of carbonyl (C=O) groups is 1. The van der Waals surface area contributed by atoms with Crippen LogP contribution in [0.15, 0.2) is 36.4 Å². The highest BCUT2D eigenvalue weighted by Crippen LogP contribution is 2.20. The average Bonchev–Trinajstić information content (AvgIpc) is 2.64. The monoisotopic (exact) mass is 361 g/mol. The molecule has 1 aromatic heterocycles. The van der Waals surface area contributed by atoms with Crippen LogP contribution in [-0.4, -0.2) is 47.3 Å². The van der Waals surface area contributed by atoms with Gasteiger partial charge in [0.25, 0.3) is 0 Å². The minimum Gasteiger partial charge on any atom is -0.480 e. The van der Waals surface area contributed by atoms with Crippen LogP contribution in [0.1, 0.15) is 18.4 Å². The minimum absolute atomic E-state index is 0.0576. The van der Waals surface area contributed by atoms with Gasteiger partial charge in [-0.05, 0) is 24.5 Å². The van der Waals surface area contributed by atoms with E-state index in [0.29, 0.717) is 29.7 Å². The van der Waals surface area contributed by atoms with E-state index in [1.165, 1.54) is 7.11 Å². The van der Waals surface area contributed by atoms with Crippen molar-refractivity contribution in [3.63, 3.8) is 0 Å². The molecule has 0 radical (unpaired) electrons. The molecule has 1 aliphatic heterocycles. The van der Waals surface area contributed by atoms with E-state index in [4.69, 9.17) is 21.1 Å². The zero-order valence-corrected chi connectivity index (χ0v) is 14.8. The van der Waals surface area contributed by atoms with Crippen LogP contribution in [0.2, 0.25) is 5.02 Å². The molecular weight excluding hydrogens is 342 g/mol. The van der Waals surface area contributed by atoms with Gasteiger partial charge in [-0.3, -0.25) is 4.79 Å². The van der Waals surface area contributed by atoms with Crippen molar-refractivity contribution in [2.45, 2.75) is 25.4 Å². The van der Waals surface area contributed by atoms with Gasteiger partial charge in [-0.25, -0.2) is 0 Å². The molecule has 0 saturated carbocycles. The standard InChI is InChI=1S/C18H20ClN3O3/c1-24-16-8-9-17(21-20-16)25-14-6-4-10-22(12-14)18(23)11-13-5-2-3-7-15(13)19/h2-3,5,7-9,14H,4,6,10-12H2,1H3. The number of hydrogen-bond acceptors (Lipinski definition) is 5. The van der Waals surface area contributed by atoms with Gasteiger partial charge in [0.2, 0.25) is 17.7 Å². The molecule has 2 aromatic rings. The van der Waals surface area contributed by atoms with Gasteiger partial charge in [0.15, 0.2) is 0 Å². The molecular formula is C18H20ClN3O3. The number of carbonyl (C=O) groups excluding carboxylic acids is 1. The molecule has 0 N–H and O–H groups in total. The summed E-state index contributed by atoms with van der Waals surface area (Å²) in [5.74, 6) is 0.931. The average molecular weight is 362 g/mol. The normalized spacial score (nSPS) is 17.2. The maximum absolute atomic E-state index is 12.6. The number of ether oxygens (including phenoxy) is 2. The number of amides is 1. The van der Waals surface area contributed by atoms with E-state index in [1.54, 1.807) is 18.2 Å². The van der Waals surface area contributed by atoms with E-state index < -0.39 is 0 Å². The van der Waals surface area contributed by atoms with E-state index >= 15 is 0 Å². The first-order valence-electron chi connectivity index (χ1n) is 8.21. The van der Waals surface area contributed by atoms with Crippen LogP contribution < -0.4 is 9.47 Å². The molecule has 7 heteroatoms. The van der Waals surface area contributed by atoms with Crippen molar-refractivity contribution in [3.8, 4) is 11.8 Å². The molecule has 1 aromatic carbocycles. The Hall–Kier alpha value is -2.34. The Kier molecular flexibility index (Phi) is 5.71. The fourth-order valence-corrected chi connectivity index (χ4v) is 3.03. The molecule has 1 unspecified atom stereocenters. The van der Waals surface area contributed by atoms with Crippen LogP contribution in [0.25, 0.3) is 0 Å². The first-order valence-corrected chi connectivity index (χ1v) is 8.59. The van der Waals surface area contributed by atoms with E-state index in [2.05, 4.69) is 10.2 Å². The summed E-state index contributed by atoms with van der Waals surface area (Å²) in [4.78, 5) is 14.4. The number of hydrogen-bond donors (Lipinski definition) is 0. The number of piperidine rings is 1. The van der Waals surface area contributed by atoms with Crippen LogP contribution in [0.3, 0.4) is 0 Å². The van der Waals surface area contributed by atoms with Gasteiger partial charge in [0.05, 0.1) is 20.1 Å². The van der Waals surface area contributed by atoms with E-state index in [9.17, 15) is 4.79 Å². The Balaban J connectivity index is 1.58. The number of halogens is 1. The molecule has 3 rings (SSSR count). The molecule has 1 aliphatic rings. The van der Waals surface area contributed by atoms with E-state index in [-0.39, 0.29) is 12.0 Å². The molecule has 0 bridgehead atoms. The van der Waals surface area contributed by atoms with Gasteiger partial charge >= 0.3 is 0 Å². The van der Waals surface area contributed by atoms with Crippen molar-refractivity contribution in [3.05, 3.63) is 47.0 Å². The molecule has 0 aliphatic carbocycles. The van der Waals surface area contributed by atoms with Crippen molar-refractivity contribution < 1.29 is 14.3 Å². The Morgan fingerprint density at radius 1 is 1.24 bits per heavy atom. The van der Waals surface area contributed by atoms with Gasteiger partial charge in [-0.15, -0.1) is 10.2 Å².